The number of aromatic nitrogens is 2. The number of carbonyl (C=O) groups excluding carboxylic acids is 1. The van der Waals surface area contributed by atoms with Gasteiger partial charge in [0.15, 0.2) is 6.61 Å². The van der Waals surface area contributed by atoms with E-state index < -0.39 is 0 Å². The van der Waals surface area contributed by atoms with E-state index >= 15 is 0 Å². The molecule has 0 aliphatic heterocycles. The van der Waals surface area contributed by atoms with Gasteiger partial charge in [0, 0.05) is 11.8 Å². The standard InChI is InChI=1S/C16H21N3O2/c1-11(2)13-4-6-15(7-5-13)21-10-16(20)19-12(3)14-8-17-18-9-14/h4-9,11-12H,10H2,1-3H3,(H,17,18)(H,19,20). The van der Waals surface area contributed by atoms with Crippen molar-refractivity contribution in [2.45, 2.75) is 32.7 Å². The molecule has 1 aromatic carbocycles. The third-order valence-corrected chi connectivity index (χ3v) is 3.31. The first-order chi connectivity index (χ1) is 10.1. The number of amides is 1. The number of hydrogen-bond acceptors (Lipinski definition) is 3. The quantitative estimate of drug-likeness (QED) is 0.858. The molecule has 1 unspecified atom stereocenters. The fraction of sp³-hybridized carbons (Fsp3) is 0.375. The predicted molar refractivity (Wildman–Crippen MR) is 81.2 cm³/mol. The van der Waals surface area contributed by atoms with Crippen LogP contribution in [0.1, 0.15) is 43.9 Å². The number of nitrogens with one attached hydrogen (secondary N) is 2. The van der Waals surface area contributed by atoms with E-state index in [1.165, 1.54) is 5.56 Å². The maximum absolute atomic E-state index is 11.8. The molecule has 2 N–H and O–H groups in total. The number of benzene rings is 1. The molecule has 1 atom stereocenters. The monoisotopic (exact) mass is 287 g/mol. The van der Waals surface area contributed by atoms with Crippen molar-refractivity contribution in [1.29, 1.82) is 0 Å². The van der Waals surface area contributed by atoms with Crippen LogP contribution >= 0.6 is 0 Å². The summed E-state index contributed by atoms with van der Waals surface area (Å²) in [6, 6.07) is 7.73. The van der Waals surface area contributed by atoms with Crippen LogP contribution in [-0.2, 0) is 4.79 Å². The average molecular weight is 287 g/mol. The molecule has 0 fully saturated rings. The van der Waals surface area contributed by atoms with Gasteiger partial charge in [-0.25, -0.2) is 0 Å². The largest absolute Gasteiger partial charge is 0.484 e. The molecule has 21 heavy (non-hydrogen) atoms. The zero-order valence-corrected chi connectivity index (χ0v) is 12.6. The van der Waals surface area contributed by atoms with E-state index in [9.17, 15) is 4.79 Å². The summed E-state index contributed by atoms with van der Waals surface area (Å²) in [5.74, 6) is 1.03. The van der Waals surface area contributed by atoms with Gasteiger partial charge in [0.05, 0.1) is 12.2 Å². The zero-order chi connectivity index (χ0) is 15.2. The molecule has 1 heterocycles. The topological polar surface area (TPSA) is 67.0 Å². The minimum absolute atomic E-state index is 0.00319. The van der Waals surface area contributed by atoms with Crippen LogP contribution in [0.4, 0.5) is 0 Å². The fourth-order valence-corrected chi connectivity index (χ4v) is 1.96. The van der Waals surface area contributed by atoms with E-state index in [0.29, 0.717) is 11.7 Å². The highest BCUT2D eigenvalue weighted by Gasteiger charge is 2.10. The van der Waals surface area contributed by atoms with Crippen molar-refractivity contribution in [3.63, 3.8) is 0 Å². The van der Waals surface area contributed by atoms with Crippen molar-refractivity contribution in [1.82, 2.24) is 15.5 Å². The van der Waals surface area contributed by atoms with E-state index in [4.69, 9.17) is 4.74 Å². The SMILES string of the molecule is CC(C)c1ccc(OCC(=O)NC(C)c2cn[nH]c2)cc1. The Kier molecular flexibility index (Phi) is 4.98. The average Bonchev–Trinajstić information content (AvgIpc) is 3.00. The predicted octanol–water partition coefficient (Wildman–Crippen LogP) is 2.79. The highest BCUT2D eigenvalue weighted by Crippen LogP contribution is 2.18. The molecule has 1 amide bonds. The number of hydrogen-bond donors (Lipinski definition) is 2. The number of rotatable bonds is 6. The van der Waals surface area contributed by atoms with Crippen LogP contribution in [0.15, 0.2) is 36.7 Å². The van der Waals surface area contributed by atoms with E-state index in [0.717, 1.165) is 5.56 Å². The van der Waals surface area contributed by atoms with Gasteiger partial charge in [0.25, 0.3) is 5.91 Å². The van der Waals surface area contributed by atoms with Crippen LogP contribution in [-0.4, -0.2) is 22.7 Å². The highest BCUT2D eigenvalue weighted by atomic mass is 16.5. The van der Waals surface area contributed by atoms with Crippen molar-refractivity contribution < 1.29 is 9.53 Å². The van der Waals surface area contributed by atoms with Gasteiger partial charge in [-0.3, -0.25) is 9.89 Å². The van der Waals surface area contributed by atoms with Crippen LogP contribution in [0, 0.1) is 0 Å². The lowest BCUT2D eigenvalue weighted by Gasteiger charge is -2.13. The lowest BCUT2D eigenvalue weighted by atomic mass is 10.0. The number of ether oxygens (including phenoxy) is 1. The summed E-state index contributed by atoms with van der Waals surface area (Å²) in [6.45, 7) is 6.19. The summed E-state index contributed by atoms with van der Waals surface area (Å²) in [5.41, 5.74) is 2.19. The minimum atomic E-state index is -0.156. The van der Waals surface area contributed by atoms with Crippen molar-refractivity contribution >= 4 is 5.91 Å². The van der Waals surface area contributed by atoms with Gasteiger partial charge in [0.1, 0.15) is 5.75 Å². The first kappa shape index (κ1) is 15.1. The van der Waals surface area contributed by atoms with Gasteiger partial charge in [-0.05, 0) is 30.5 Å². The van der Waals surface area contributed by atoms with Crippen LogP contribution in [0.5, 0.6) is 5.75 Å². The molecule has 2 rings (SSSR count). The molecule has 5 heteroatoms. The first-order valence-electron chi connectivity index (χ1n) is 7.07. The molecule has 112 valence electrons. The van der Waals surface area contributed by atoms with Crippen molar-refractivity contribution in [3.05, 3.63) is 47.8 Å². The molecule has 2 aromatic rings. The molecule has 0 saturated heterocycles. The van der Waals surface area contributed by atoms with Crippen molar-refractivity contribution in [2.75, 3.05) is 6.61 Å². The number of carbonyl (C=O) groups is 1. The van der Waals surface area contributed by atoms with Gasteiger partial charge >= 0.3 is 0 Å². The first-order valence-corrected chi connectivity index (χ1v) is 7.07. The van der Waals surface area contributed by atoms with Crippen LogP contribution in [0.2, 0.25) is 0 Å². The van der Waals surface area contributed by atoms with Gasteiger partial charge < -0.3 is 10.1 Å². The molecule has 0 saturated carbocycles. The smallest absolute Gasteiger partial charge is 0.258 e. The van der Waals surface area contributed by atoms with Gasteiger partial charge in [-0.1, -0.05) is 26.0 Å². The third kappa shape index (κ3) is 4.34. The Morgan fingerprint density at radius 3 is 2.52 bits per heavy atom. The Morgan fingerprint density at radius 1 is 1.24 bits per heavy atom. The van der Waals surface area contributed by atoms with Crippen molar-refractivity contribution in [3.8, 4) is 5.75 Å². The second kappa shape index (κ2) is 6.92. The molecular weight excluding hydrogens is 266 g/mol. The Hall–Kier alpha value is -2.30. The Labute approximate surface area is 124 Å². The van der Waals surface area contributed by atoms with E-state index in [-0.39, 0.29) is 18.6 Å². The Morgan fingerprint density at radius 2 is 1.95 bits per heavy atom. The van der Waals surface area contributed by atoms with Gasteiger partial charge in [-0.15, -0.1) is 0 Å². The van der Waals surface area contributed by atoms with E-state index in [2.05, 4.69) is 29.4 Å². The lowest BCUT2D eigenvalue weighted by molar-refractivity contribution is -0.123. The molecule has 0 aliphatic carbocycles. The summed E-state index contributed by atoms with van der Waals surface area (Å²) in [7, 11) is 0. The summed E-state index contributed by atoms with van der Waals surface area (Å²) in [5, 5.41) is 9.44. The molecule has 0 bridgehead atoms. The fourth-order valence-electron chi connectivity index (χ4n) is 1.96. The normalized spacial score (nSPS) is 12.2. The molecular formula is C16H21N3O2. The summed E-state index contributed by atoms with van der Waals surface area (Å²) in [4.78, 5) is 11.8. The maximum atomic E-state index is 11.8. The van der Waals surface area contributed by atoms with Gasteiger partial charge in [-0.2, -0.15) is 5.10 Å². The summed E-state index contributed by atoms with van der Waals surface area (Å²) < 4.78 is 5.49. The Balaban J connectivity index is 1.81. The minimum Gasteiger partial charge on any atom is -0.484 e. The second-order valence-corrected chi connectivity index (χ2v) is 5.33. The summed E-state index contributed by atoms with van der Waals surface area (Å²) in [6.07, 6.45) is 3.45. The van der Waals surface area contributed by atoms with Crippen LogP contribution in [0.25, 0.3) is 0 Å². The van der Waals surface area contributed by atoms with E-state index in [1.54, 1.807) is 12.4 Å². The van der Waals surface area contributed by atoms with E-state index in [1.807, 2.05) is 31.2 Å². The van der Waals surface area contributed by atoms with Gasteiger partial charge in [0.2, 0.25) is 0 Å². The number of nitrogens with zero attached hydrogens (tertiary/aromatic N) is 1. The second-order valence-electron chi connectivity index (χ2n) is 5.33. The highest BCUT2D eigenvalue weighted by molar-refractivity contribution is 5.77. The third-order valence-electron chi connectivity index (χ3n) is 3.31. The molecule has 0 spiro atoms. The zero-order valence-electron chi connectivity index (χ0n) is 12.6. The van der Waals surface area contributed by atoms with Crippen LogP contribution in [0.3, 0.4) is 0 Å². The van der Waals surface area contributed by atoms with Crippen molar-refractivity contribution in [2.24, 2.45) is 0 Å². The molecule has 0 aliphatic rings. The number of H-pyrrole nitrogens is 1. The lowest BCUT2D eigenvalue weighted by Crippen LogP contribution is -2.31. The Bertz CT molecular complexity index is 562. The molecule has 0 radical (unpaired) electrons. The number of aromatic amines is 1. The molecule has 5 nitrogen and oxygen atoms in total. The summed E-state index contributed by atoms with van der Waals surface area (Å²) >= 11 is 0. The molecule has 1 aromatic heterocycles. The maximum Gasteiger partial charge on any atom is 0.258 e. The van der Waals surface area contributed by atoms with Crippen LogP contribution < -0.4 is 10.1 Å².